The molecule has 3 rings (SSSR count). The molecular formula is C19H22F3IN4O2. The Kier molecular flexibility index (Phi) is 7.94. The van der Waals surface area contributed by atoms with Crippen molar-refractivity contribution in [1.29, 1.82) is 0 Å². The predicted octanol–water partition coefficient (Wildman–Crippen LogP) is 3.45. The van der Waals surface area contributed by atoms with E-state index in [1.807, 2.05) is 4.90 Å². The Morgan fingerprint density at radius 3 is 2.24 bits per heavy atom. The van der Waals surface area contributed by atoms with Gasteiger partial charge in [0.05, 0.1) is 11.8 Å². The molecule has 0 atom stereocenters. The largest absolute Gasteiger partial charge is 0.459 e. The third-order valence-electron chi connectivity index (χ3n) is 4.54. The highest BCUT2D eigenvalue weighted by molar-refractivity contribution is 14.0. The number of piperazine rings is 1. The van der Waals surface area contributed by atoms with E-state index in [9.17, 15) is 18.0 Å². The smallest absolute Gasteiger partial charge is 0.416 e. The van der Waals surface area contributed by atoms with E-state index < -0.39 is 11.7 Å². The fourth-order valence-electron chi connectivity index (χ4n) is 3.00. The second-order valence-corrected chi connectivity index (χ2v) is 6.35. The number of amides is 1. The molecule has 1 amide bonds. The zero-order valence-corrected chi connectivity index (χ0v) is 18.1. The number of benzene rings is 1. The first-order valence-electron chi connectivity index (χ1n) is 8.83. The number of hydrogen-bond acceptors (Lipinski definition) is 3. The summed E-state index contributed by atoms with van der Waals surface area (Å²) in [6.07, 6.45) is -2.87. The van der Waals surface area contributed by atoms with Gasteiger partial charge < -0.3 is 19.5 Å². The molecule has 0 aliphatic carbocycles. The number of carbonyl (C=O) groups excluding carboxylic acids is 1. The van der Waals surface area contributed by atoms with Gasteiger partial charge in [-0.25, -0.2) is 0 Å². The Hall–Kier alpha value is -2.24. The lowest BCUT2D eigenvalue weighted by atomic mass is 10.1. The van der Waals surface area contributed by atoms with Crippen LogP contribution >= 0.6 is 24.0 Å². The monoisotopic (exact) mass is 522 g/mol. The Morgan fingerprint density at radius 1 is 1.10 bits per heavy atom. The third-order valence-corrected chi connectivity index (χ3v) is 4.54. The number of carbonyl (C=O) groups is 1. The molecule has 0 spiro atoms. The molecule has 29 heavy (non-hydrogen) atoms. The molecular weight excluding hydrogens is 500 g/mol. The first kappa shape index (κ1) is 23.0. The Morgan fingerprint density at radius 2 is 1.72 bits per heavy atom. The second-order valence-electron chi connectivity index (χ2n) is 6.35. The van der Waals surface area contributed by atoms with Gasteiger partial charge in [0.2, 0.25) is 0 Å². The summed E-state index contributed by atoms with van der Waals surface area (Å²) in [5.41, 5.74) is 0.0544. The molecule has 1 aromatic carbocycles. The van der Waals surface area contributed by atoms with Gasteiger partial charge in [-0.3, -0.25) is 9.79 Å². The van der Waals surface area contributed by atoms with Crippen LogP contribution in [0.3, 0.4) is 0 Å². The predicted molar refractivity (Wildman–Crippen MR) is 113 cm³/mol. The molecule has 2 aromatic rings. The molecule has 158 valence electrons. The molecule has 0 radical (unpaired) electrons. The first-order valence-corrected chi connectivity index (χ1v) is 8.83. The van der Waals surface area contributed by atoms with Gasteiger partial charge in [0.15, 0.2) is 11.7 Å². The van der Waals surface area contributed by atoms with Crippen molar-refractivity contribution in [3.05, 3.63) is 59.5 Å². The summed E-state index contributed by atoms with van der Waals surface area (Å²) < 4.78 is 43.1. The van der Waals surface area contributed by atoms with E-state index >= 15 is 0 Å². The lowest BCUT2D eigenvalue weighted by Crippen LogP contribution is -2.53. The summed E-state index contributed by atoms with van der Waals surface area (Å²) in [4.78, 5) is 20.3. The van der Waals surface area contributed by atoms with Gasteiger partial charge in [-0.1, -0.05) is 12.1 Å². The van der Waals surface area contributed by atoms with E-state index in [1.165, 1.54) is 18.4 Å². The summed E-state index contributed by atoms with van der Waals surface area (Å²) in [5, 5.41) is 3.16. The molecule has 1 saturated heterocycles. The molecule has 1 aromatic heterocycles. The highest BCUT2D eigenvalue weighted by Crippen LogP contribution is 2.29. The fourth-order valence-corrected chi connectivity index (χ4v) is 3.00. The minimum absolute atomic E-state index is 0. The molecule has 6 nitrogen and oxygen atoms in total. The van der Waals surface area contributed by atoms with Gasteiger partial charge in [-0.15, -0.1) is 24.0 Å². The maximum atomic E-state index is 12.6. The van der Waals surface area contributed by atoms with Crippen LogP contribution in [0.4, 0.5) is 13.2 Å². The van der Waals surface area contributed by atoms with E-state index in [0.29, 0.717) is 44.4 Å². The summed E-state index contributed by atoms with van der Waals surface area (Å²) in [5.74, 6) is 0.820. The van der Waals surface area contributed by atoms with Gasteiger partial charge in [0.1, 0.15) is 0 Å². The fraction of sp³-hybridized carbons (Fsp3) is 0.368. The van der Waals surface area contributed by atoms with Crippen molar-refractivity contribution in [2.24, 2.45) is 4.99 Å². The lowest BCUT2D eigenvalue weighted by Gasteiger charge is -2.36. The van der Waals surface area contributed by atoms with Crippen molar-refractivity contribution in [2.75, 3.05) is 33.2 Å². The standard InChI is InChI=1S/C19H21F3N4O2.HI/c1-23-18(24-13-14-4-6-15(7-5-14)19(20,21)22)26-10-8-25(9-11-26)17(27)16-3-2-12-28-16;/h2-7,12H,8-11,13H2,1H3,(H,23,24);1H. The Bertz CT molecular complexity index is 815. The third kappa shape index (κ3) is 5.87. The quantitative estimate of drug-likeness (QED) is 0.382. The topological polar surface area (TPSA) is 61.1 Å². The van der Waals surface area contributed by atoms with Crippen LogP contribution in [-0.2, 0) is 12.7 Å². The van der Waals surface area contributed by atoms with Gasteiger partial charge in [0, 0.05) is 39.8 Å². The molecule has 1 aliphatic heterocycles. The molecule has 2 heterocycles. The number of aliphatic imine (C=N–C) groups is 1. The second kappa shape index (κ2) is 9.99. The van der Waals surface area contributed by atoms with Gasteiger partial charge in [0.25, 0.3) is 5.91 Å². The van der Waals surface area contributed by atoms with Crippen LogP contribution in [0.15, 0.2) is 52.1 Å². The average Bonchev–Trinajstić information content (AvgIpc) is 3.23. The van der Waals surface area contributed by atoms with Gasteiger partial charge in [-0.05, 0) is 29.8 Å². The SMILES string of the molecule is CN=C(NCc1ccc(C(F)(F)F)cc1)N1CCN(C(=O)c2ccco2)CC1.I. The van der Waals surface area contributed by atoms with Crippen LogP contribution in [0.5, 0.6) is 0 Å². The van der Waals surface area contributed by atoms with Crippen molar-refractivity contribution in [3.63, 3.8) is 0 Å². The van der Waals surface area contributed by atoms with E-state index in [2.05, 4.69) is 10.3 Å². The normalized spacial score (nSPS) is 15.1. The molecule has 0 unspecified atom stereocenters. The lowest BCUT2D eigenvalue weighted by molar-refractivity contribution is -0.137. The van der Waals surface area contributed by atoms with Crippen molar-refractivity contribution in [1.82, 2.24) is 15.1 Å². The summed E-state index contributed by atoms with van der Waals surface area (Å²) in [6, 6.07) is 8.35. The molecule has 0 bridgehead atoms. The molecule has 1 fully saturated rings. The zero-order chi connectivity index (χ0) is 20.1. The van der Waals surface area contributed by atoms with Crippen molar-refractivity contribution in [2.45, 2.75) is 12.7 Å². The number of guanidine groups is 1. The van der Waals surface area contributed by atoms with Crippen LogP contribution in [0.1, 0.15) is 21.7 Å². The first-order chi connectivity index (χ1) is 13.4. The van der Waals surface area contributed by atoms with Crippen LogP contribution in [-0.4, -0.2) is 54.9 Å². The number of hydrogen-bond donors (Lipinski definition) is 1. The average molecular weight is 522 g/mol. The molecule has 10 heteroatoms. The Labute approximate surface area is 183 Å². The highest BCUT2D eigenvalue weighted by Gasteiger charge is 2.30. The number of nitrogens with one attached hydrogen (secondary N) is 1. The number of nitrogens with zero attached hydrogens (tertiary/aromatic N) is 3. The summed E-state index contributed by atoms with van der Waals surface area (Å²) in [7, 11) is 1.65. The minimum Gasteiger partial charge on any atom is -0.459 e. The van der Waals surface area contributed by atoms with Crippen LogP contribution in [0.25, 0.3) is 0 Å². The van der Waals surface area contributed by atoms with Gasteiger partial charge >= 0.3 is 6.18 Å². The van der Waals surface area contributed by atoms with Crippen molar-refractivity contribution < 1.29 is 22.4 Å². The number of furan rings is 1. The van der Waals surface area contributed by atoms with Crippen LogP contribution in [0, 0.1) is 0 Å². The molecule has 1 aliphatic rings. The van der Waals surface area contributed by atoms with Crippen LogP contribution < -0.4 is 5.32 Å². The van der Waals surface area contributed by atoms with Gasteiger partial charge in [-0.2, -0.15) is 13.2 Å². The minimum atomic E-state index is -4.34. The summed E-state index contributed by atoms with van der Waals surface area (Å²) in [6.45, 7) is 2.61. The van der Waals surface area contributed by atoms with Crippen molar-refractivity contribution >= 4 is 35.8 Å². The van der Waals surface area contributed by atoms with E-state index in [-0.39, 0.29) is 29.9 Å². The summed E-state index contributed by atoms with van der Waals surface area (Å²) >= 11 is 0. The molecule has 1 N–H and O–H groups in total. The van der Waals surface area contributed by atoms with Crippen LogP contribution in [0.2, 0.25) is 0 Å². The molecule has 0 saturated carbocycles. The van der Waals surface area contributed by atoms with Crippen molar-refractivity contribution in [3.8, 4) is 0 Å². The maximum absolute atomic E-state index is 12.6. The number of alkyl halides is 3. The van der Waals surface area contributed by atoms with E-state index in [4.69, 9.17) is 4.42 Å². The zero-order valence-electron chi connectivity index (χ0n) is 15.8. The number of rotatable bonds is 3. The highest BCUT2D eigenvalue weighted by atomic mass is 127. The maximum Gasteiger partial charge on any atom is 0.416 e. The van der Waals surface area contributed by atoms with E-state index in [0.717, 1.165) is 17.7 Å². The van der Waals surface area contributed by atoms with E-state index in [1.54, 1.807) is 24.1 Å². The Balaban J connectivity index is 0.00000300. The number of halogens is 4.